The fourth-order valence-electron chi connectivity index (χ4n) is 2.35. The lowest BCUT2D eigenvalue weighted by Gasteiger charge is -2.22. The van der Waals surface area contributed by atoms with Gasteiger partial charge in [-0.25, -0.2) is 0 Å². The van der Waals surface area contributed by atoms with Crippen LogP contribution in [-0.4, -0.2) is 26.4 Å². The third kappa shape index (κ3) is 2.35. The van der Waals surface area contributed by atoms with E-state index in [2.05, 4.69) is 19.9 Å². The van der Waals surface area contributed by atoms with E-state index in [9.17, 15) is 0 Å². The van der Waals surface area contributed by atoms with Gasteiger partial charge in [0.2, 0.25) is 0 Å². The summed E-state index contributed by atoms with van der Waals surface area (Å²) in [5.74, 6) is 0. The summed E-state index contributed by atoms with van der Waals surface area (Å²) >= 11 is 1.72. The molecule has 0 unspecified atom stereocenters. The summed E-state index contributed by atoms with van der Waals surface area (Å²) < 4.78 is 0. The van der Waals surface area contributed by atoms with E-state index in [0.717, 1.165) is 18.8 Å². The van der Waals surface area contributed by atoms with Gasteiger partial charge in [-0.1, -0.05) is 0 Å². The molecule has 0 saturated carbocycles. The standard InChI is InChI=1S/C12H14N4S/c1-2-12(11-7-13-3-4-15-11)16(5-1)8-10-6-14-9-17-10/h3-4,6-7,9,12H,1-2,5,8H2/t12-/m1/s1. The minimum absolute atomic E-state index is 0.422. The molecule has 0 radical (unpaired) electrons. The molecule has 1 saturated heterocycles. The highest BCUT2D eigenvalue weighted by atomic mass is 32.1. The minimum atomic E-state index is 0.422. The average molecular weight is 246 g/mol. The highest BCUT2D eigenvalue weighted by molar-refractivity contribution is 7.09. The molecular weight excluding hydrogens is 232 g/mol. The van der Waals surface area contributed by atoms with Gasteiger partial charge < -0.3 is 0 Å². The van der Waals surface area contributed by atoms with Crippen molar-refractivity contribution in [1.29, 1.82) is 0 Å². The van der Waals surface area contributed by atoms with Crippen LogP contribution in [0.1, 0.15) is 29.5 Å². The maximum Gasteiger partial charge on any atom is 0.0794 e. The smallest absolute Gasteiger partial charge is 0.0794 e. The topological polar surface area (TPSA) is 41.9 Å². The molecule has 17 heavy (non-hydrogen) atoms. The Morgan fingerprint density at radius 3 is 3.06 bits per heavy atom. The summed E-state index contributed by atoms with van der Waals surface area (Å²) in [6, 6.07) is 0.422. The molecule has 3 rings (SSSR count). The predicted molar refractivity (Wildman–Crippen MR) is 66.5 cm³/mol. The SMILES string of the molecule is c1cnc([C@H]2CCCN2Cc2cncs2)cn1. The molecular formula is C12H14N4S. The molecule has 0 amide bonds. The predicted octanol–water partition coefficient (Wildman–Crippen LogP) is 2.27. The van der Waals surface area contributed by atoms with Crippen LogP contribution in [-0.2, 0) is 6.54 Å². The molecule has 5 heteroatoms. The van der Waals surface area contributed by atoms with Crippen molar-refractivity contribution in [3.8, 4) is 0 Å². The van der Waals surface area contributed by atoms with Crippen LogP contribution >= 0.6 is 11.3 Å². The van der Waals surface area contributed by atoms with Gasteiger partial charge in [0.25, 0.3) is 0 Å². The Balaban J connectivity index is 1.76. The summed E-state index contributed by atoms with van der Waals surface area (Å²) in [7, 11) is 0. The second kappa shape index (κ2) is 4.89. The first-order chi connectivity index (χ1) is 8.43. The van der Waals surface area contributed by atoms with Crippen molar-refractivity contribution in [3.05, 3.63) is 40.9 Å². The average Bonchev–Trinajstić information content (AvgIpc) is 3.02. The van der Waals surface area contributed by atoms with Crippen molar-refractivity contribution in [2.24, 2.45) is 0 Å². The van der Waals surface area contributed by atoms with Crippen LogP contribution in [0, 0.1) is 0 Å². The Morgan fingerprint density at radius 2 is 2.29 bits per heavy atom. The Hall–Kier alpha value is -1.33. The van der Waals surface area contributed by atoms with E-state index >= 15 is 0 Å². The van der Waals surface area contributed by atoms with Gasteiger partial charge in [-0.15, -0.1) is 11.3 Å². The first-order valence-corrected chi connectivity index (χ1v) is 6.69. The molecule has 0 aliphatic carbocycles. The first-order valence-electron chi connectivity index (χ1n) is 5.81. The van der Waals surface area contributed by atoms with Gasteiger partial charge in [-0.05, 0) is 19.4 Å². The molecule has 1 atom stereocenters. The largest absolute Gasteiger partial charge is 0.290 e. The quantitative estimate of drug-likeness (QED) is 0.833. The zero-order valence-electron chi connectivity index (χ0n) is 9.49. The van der Waals surface area contributed by atoms with Gasteiger partial charge in [-0.3, -0.25) is 19.9 Å². The van der Waals surface area contributed by atoms with Gasteiger partial charge in [-0.2, -0.15) is 0 Å². The Labute approximate surface area is 104 Å². The van der Waals surface area contributed by atoms with Crippen molar-refractivity contribution < 1.29 is 0 Å². The molecule has 0 aromatic carbocycles. The fraction of sp³-hybridized carbons (Fsp3) is 0.417. The fourth-order valence-corrected chi connectivity index (χ4v) is 2.97. The van der Waals surface area contributed by atoms with Crippen LogP contribution in [0.25, 0.3) is 0 Å². The van der Waals surface area contributed by atoms with Crippen LogP contribution in [0.3, 0.4) is 0 Å². The number of hydrogen-bond acceptors (Lipinski definition) is 5. The number of hydrogen-bond donors (Lipinski definition) is 0. The second-order valence-corrected chi connectivity index (χ2v) is 5.20. The molecule has 88 valence electrons. The summed E-state index contributed by atoms with van der Waals surface area (Å²) in [6.07, 6.45) is 9.76. The minimum Gasteiger partial charge on any atom is -0.290 e. The highest BCUT2D eigenvalue weighted by Gasteiger charge is 2.27. The zero-order valence-corrected chi connectivity index (χ0v) is 10.3. The number of thiazole rings is 1. The van der Waals surface area contributed by atoms with Crippen LogP contribution in [0.2, 0.25) is 0 Å². The van der Waals surface area contributed by atoms with Crippen LogP contribution < -0.4 is 0 Å². The van der Waals surface area contributed by atoms with E-state index in [1.165, 1.54) is 17.7 Å². The molecule has 3 heterocycles. The molecule has 2 aromatic rings. The number of nitrogens with zero attached hydrogens (tertiary/aromatic N) is 4. The third-order valence-electron chi connectivity index (χ3n) is 3.13. The van der Waals surface area contributed by atoms with Gasteiger partial charge in [0.05, 0.1) is 17.2 Å². The van der Waals surface area contributed by atoms with Gasteiger partial charge in [0.15, 0.2) is 0 Å². The molecule has 1 fully saturated rings. The Bertz CT molecular complexity index is 457. The Morgan fingerprint density at radius 1 is 1.29 bits per heavy atom. The summed E-state index contributed by atoms with van der Waals surface area (Å²) in [6.45, 7) is 2.12. The molecule has 1 aliphatic rings. The van der Waals surface area contributed by atoms with E-state index < -0.39 is 0 Å². The number of likely N-dealkylation sites (tertiary alicyclic amines) is 1. The maximum atomic E-state index is 4.42. The van der Waals surface area contributed by atoms with Gasteiger partial charge in [0.1, 0.15) is 0 Å². The van der Waals surface area contributed by atoms with Crippen molar-refractivity contribution in [2.45, 2.75) is 25.4 Å². The van der Waals surface area contributed by atoms with E-state index in [0.29, 0.717) is 6.04 Å². The lowest BCUT2D eigenvalue weighted by molar-refractivity contribution is 0.246. The molecule has 1 aliphatic heterocycles. The van der Waals surface area contributed by atoms with Crippen LogP contribution in [0.5, 0.6) is 0 Å². The monoisotopic (exact) mass is 246 g/mol. The normalized spacial score (nSPS) is 20.8. The van der Waals surface area contributed by atoms with Gasteiger partial charge >= 0.3 is 0 Å². The number of rotatable bonds is 3. The molecule has 0 bridgehead atoms. The van der Waals surface area contributed by atoms with E-state index in [4.69, 9.17) is 0 Å². The van der Waals surface area contributed by atoms with Crippen molar-refractivity contribution in [1.82, 2.24) is 19.9 Å². The summed E-state index contributed by atoms with van der Waals surface area (Å²) in [4.78, 5) is 16.5. The van der Waals surface area contributed by atoms with Crippen molar-refractivity contribution in [3.63, 3.8) is 0 Å². The zero-order chi connectivity index (χ0) is 11.5. The summed E-state index contributed by atoms with van der Waals surface area (Å²) in [5, 5.41) is 0. The van der Waals surface area contributed by atoms with E-state index in [-0.39, 0.29) is 0 Å². The molecule has 0 spiro atoms. The van der Waals surface area contributed by atoms with Crippen molar-refractivity contribution in [2.75, 3.05) is 6.54 Å². The lowest BCUT2D eigenvalue weighted by Crippen LogP contribution is -2.23. The molecule has 0 N–H and O–H groups in total. The highest BCUT2D eigenvalue weighted by Crippen LogP contribution is 2.31. The first kappa shape index (κ1) is 10.8. The second-order valence-electron chi connectivity index (χ2n) is 4.23. The van der Waals surface area contributed by atoms with Crippen LogP contribution in [0.4, 0.5) is 0 Å². The maximum absolute atomic E-state index is 4.42. The molecule has 2 aromatic heterocycles. The lowest BCUT2D eigenvalue weighted by atomic mass is 10.1. The van der Waals surface area contributed by atoms with Gasteiger partial charge in [0, 0.05) is 36.2 Å². The molecule has 4 nitrogen and oxygen atoms in total. The van der Waals surface area contributed by atoms with Crippen LogP contribution in [0.15, 0.2) is 30.3 Å². The Kier molecular flexibility index (Phi) is 3.11. The van der Waals surface area contributed by atoms with E-state index in [1.54, 1.807) is 23.7 Å². The number of aromatic nitrogens is 3. The third-order valence-corrected chi connectivity index (χ3v) is 3.89. The summed E-state index contributed by atoms with van der Waals surface area (Å²) in [5.41, 5.74) is 2.98. The van der Waals surface area contributed by atoms with Crippen molar-refractivity contribution >= 4 is 11.3 Å². The van der Waals surface area contributed by atoms with E-state index in [1.807, 2.05) is 17.9 Å².